The monoisotopic (exact) mass is 159 g/mol. The van der Waals surface area contributed by atoms with Crippen molar-refractivity contribution in [2.75, 3.05) is 26.3 Å². The average Bonchev–Trinajstić information content (AvgIpc) is 2.40. The third-order valence-corrected chi connectivity index (χ3v) is 1.44. The maximum absolute atomic E-state index is 10.9. The first-order chi connectivity index (χ1) is 5.33. The van der Waals surface area contributed by atoms with Gasteiger partial charge < -0.3 is 4.74 Å². The number of carbonyl (C=O) groups is 1. The van der Waals surface area contributed by atoms with Crippen molar-refractivity contribution in [2.24, 2.45) is 0 Å². The van der Waals surface area contributed by atoms with E-state index < -0.39 is 0 Å². The zero-order valence-electron chi connectivity index (χ0n) is 6.71. The predicted octanol–water partition coefficient (Wildman–Crippen LogP) is 0.187. The van der Waals surface area contributed by atoms with Crippen molar-refractivity contribution in [2.45, 2.75) is 13.3 Å². The molecule has 0 saturated carbocycles. The van der Waals surface area contributed by atoms with Crippen LogP contribution in [0, 0.1) is 0 Å². The molecule has 0 amide bonds. The molecule has 0 radical (unpaired) electrons. The van der Waals surface area contributed by atoms with Gasteiger partial charge in [-0.2, -0.15) is 5.06 Å². The molecule has 4 nitrogen and oxygen atoms in total. The van der Waals surface area contributed by atoms with E-state index in [4.69, 9.17) is 9.57 Å². The van der Waals surface area contributed by atoms with E-state index in [2.05, 4.69) is 0 Å². The number of hydrogen-bond donors (Lipinski definition) is 0. The molecule has 11 heavy (non-hydrogen) atoms. The SMILES string of the molecule is CCOC(=O)CN1CCCO1. The number of esters is 1. The molecule has 1 aliphatic rings. The maximum atomic E-state index is 10.9. The Kier molecular flexibility index (Phi) is 3.32. The van der Waals surface area contributed by atoms with Crippen molar-refractivity contribution in [3.63, 3.8) is 0 Å². The largest absolute Gasteiger partial charge is 0.465 e. The van der Waals surface area contributed by atoms with Crippen LogP contribution < -0.4 is 0 Å². The van der Waals surface area contributed by atoms with Crippen LogP contribution in [-0.4, -0.2) is 37.3 Å². The fourth-order valence-electron chi connectivity index (χ4n) is 0.974. The van der Waals surface area contributed by atoms with Gasteiger partial charge in [0.15, 0.2) is 0 Å². The molecule has 1 fully saturated rings. The number of carbonyl (C=O) groups excluding carboxylic acids is 1. The van der Waals surface area contributed by atoms with Crippen molar-refractivity contribution >= 4 is 5.97 Å². The summed E-state index contributed by atoms with van der Waals surface area (Å²) < 4.78 is 4.74. The Morgan fingerprint density at radius 3 is 3.09 bits per heavy atom. The van der Waals surface area contributed by atoms with Gasteiger partial charge in [0.25, 0.3) is 0 Å². The lowest BCUT2D eigenvalue weighted by molar-refractivity contribution is -0.161. The van der Waals surface area contributed by atoms with Gasteiger partial charge in [-0.05, 0) is 13.3 Å². The summed E-state index contributed by atoms with van der Waals surface area (Å²) in [6.45, 7) is 4.04. The topological polar surface area (TPSA) is 38.8 Å². The minimum Gasteiger partial charge on any atom is -0.465 e. The molecule has 1 rings (SSSR count). The molecular formula is C7H13NO3. The zero-order chi connectivity index (χ0) is 8.10. The summed E-state index contributed by atoms with van der Waals surface area (Å²) >= 11 is 0. The lowest BCUT2D eigenvalue weighted by Crippen LogP contribution is -2.27. The Morgan fingerprint density at radius 1 is 1.73 bits per heavy atom. The predicted molar refractivity (Wildman–Crippen MR) is 38.8 cm³/mol. The zero-order valence-corrected chi connectivity index (χ0v) is 6.71. The normalized spacial score (nSPS) is 18.6. The van der Waals surface area contributed by atoms with E-state index in [1.807, 2.05) is 0 Å². The van der Waals surface area contributed by atoms with Crippen molar-refractivity contribution in [3.05, 3.63) is 0 Å². The van der Waals surface area contributed by atoms with Crippen LogP contribution in [0.15, 0.2) is 0 Å². The van der Waals surface area contributed by atoms with Crippen LogP contribution in [0.2, 0.25) is 0 Å². The van der Waals surface area contributed by atoms with Gasteiger partial charge in [-0.3, -0.25) is 9.63 Å². The first-order valence-electron chi connectivity index (χ1n) is 3.86. The van der Waals surface area contributed by atoms with E-state index in [9.17, 15) is 4.79 Å². The van der Waals surface area contributed by atoms with Crippen LogP contribution in [0.4, 0.5) is 0 Å². The summed E-state index contributed by atoms with van der Waals surface area (Å²) in [5, 5.41) is 1.64. The standard InChI is InChI=1S/C7H13NO3/c1-2-10-7(9)6-8-4-3-5-11-8/h2-6H2,1H3. The second kappa shape index (κ2) is 4.31. The minimum absolute atomic E-state index is 0.214. The molecular weight excluding hydrogens is 146 g/mol. The van der Waals surface area contributed by atoms with Gasteiger partial charge in [0, 0.05) is 6.54 Å². The van der Waals surface area contributed by atoms with E-state index in [0.717, 1.165) is 19.6 Å². The number of rotatable bonds is 3. The van der Waals surface area contributed by atoms with E-state index >= 15 is 0 Å². The van der Waals surface area contributed by atoms with E-state index in [1.165, 1.54) is 0 Å². The molecule has 0 aromatic heterocycles. The van der Waals surface area contributed by atoms with E-state index in [0.29, 0.717) is 6.61 Å². The molecule has 1 heterocycles. The molecule has 0 atom stereocenters. The smallest absolute Gasteiger partial charge is 0.322 e. The molecule has 0 spiro atoms. The van der Waals surface area contributed by atoms with Crippen molar-refractivity contribution < 1.29 is 14.4 Å². The molecule has 4 heteroatoms. The summed E-state index contributed by atoms with van der Waals surface area (Å²) in [6, 6.07) is 0. The van der Waals surface area contributed by atoms with Gasteiger partial charge in [0.05, 0.1) is 13.2 Å². The third kappa shape index (κ3) is 2.86. The third-order valence-electron chi connectivity index (χ3n) is 1.44. The van der Waals surface area contributed by atoms with E-state index in [1.54, 1.807) is 12.0 Å². The lowest BCUT2D eigenvalue weighted by Gasteiger charge is -2.11. The maximum Gasteiger partial charge on any atom is 0.322 e. The van der Waals surface area contributed by atoms with Gasteiger partial charge in [0.2, 0.25) is 0 Å². The van der Waals surface area contributed by atoms with Gasteiger partial charge in [-0.1, -0.05) is 0 Å². The highest BCUT2D eigenvalue weighted by Gasteiger charge is 2.16. The molecule has 0 N–H and O–H groups in total. The average molecular weight is 159 g/mol. The van der Waals surface area contributed by atoms with Crippen LogP contribution in [0.3, 0.4) is 0 Å². The first-order valence-corrected chi connectivity index (χ1v) is 3.86. The highest BCUT2D eigenvalue weighted by atomic mass is 16.7. The molecule has 1 saturated heterocycles. The second-order valence-corrected chi connectivity index (χ2v) is 2.36. The minimum atomic E-state index is -0.214. The van der Waals surface area contributed by atoms with Crippen LogP contribution >= 0.6 is 0 Å². The summed E-state index contributed by atoms with van der Waals surface area (Å²) in [4.78, 5) is 16.0. The second-order valence-electron chi connectivity index (χ2n) is 2.36. The molecule has 0 unspecified atom stereocenters. The van der Waals surface area contributed by atoms with Crippen LogP contribution in [0.1, 0.15) is 13.3 Å². The van der Waals surface area contributed by atoms with Crippen LogP contribution in [-0.2, 0) is 14.4 Å². The number of ether oxygens (including phenoxy) is 1. The molecule has 64 valence electrons. The quantitative estimate of drug-likeness (QED) is 0.551. The fraction of sp³-hybridized carbons (Fsp3) is 0.857. The Hall–Kier alpha value is -0.610. The lowest BCUT2D eigenvalue weighted by atomic mass is 10.5. The Labute approximate surface area is 66.0 Å². The van der Waals surface area contributed by atoms with Crippen molar-refractivity contribution in [1.29, 1.82) is 0 Å². The van der Waals surface area contributed by atoms with Crippen LogP contribution in [0.5, 0.6) is 0 Å². The molecule has 0 aromatic rings. The summed E-state index contributed by atoms with van der Waals surface area (Å²) in [6.07, 6.45) is 0.999. The van der Waals surface area contributed by atoms with Gasteiger partial charge in [-0.25, -0.2) is 0 Å². The highest BCUT2D eigenvalue weighted by molar-refractivity contribution is 5.71. The first kappa shape index (κ1) is 8.49. The molecule has 0 aromatic carbocycles. The van der Waals surface area contributed by atoms with Gasteiger partial charge in [0.1, 0.15) is 6.54 Å². The van der Waals surface area contributed by atoms with Gasteiger partial charge in [-0.15, -0.1) is 0 Å². The number of hydroxylamine groups is 2. The van der Waals surface area contributed by atoms with Crippen molar-refractivity contribution in [1.82, 2.24) is 5.06 Å². The van der Waals surface area contributed by atoms with Crippen LogP contribution in [0.25, 0.3) is 0 Å². The number of nitrogens with zero attached hydrogens (tertiary/aromatic N) is 1. The van der Waals surface area contributed by atoms with E-state index in [-0.39, 0.29) is 12.5 Å². The fourth-order valence-corrected chi connectivity index (χ4v) is 0.974. The summed E-state index contributed by atoms with van der Waals surface area (Å²) in [5.74, 6) is -0.214. The number of hydrogen-bond acceptors (Lipinski definition) is 4. The molecule has 0 aliphatic carbocycles. The van der Waals surface area contributed by atoms with Crippen molar-refractivity contribution in [3.8, 4) is 0 Å². The molecule has 0 bridgehead atoms. The Bertz CT molecular complexity index is 132. The van der Waals surface area contributed by atoms with Gasteiger partial charge >= 0.3 is 5.97 Å². The highest BCUT2D eigenvalue weighted by Crippen LogP contribution is 2.02. The Morgan fingerprint density at radius 2 is 2.55 bits per heavy atom. The Balaban J connectivity index is 2.13. The summed E-state index contributed by atoms with van der Waals surface area (Å²) in [5.41, 5.74) is 0. The summed E-state index contributed by atoms with van der Waals surface area (Å²) in [7, 11) is 0. The molecule has 1 aliphatic heterocycles.